The van der Waals surface area contributed by atoms with E-state index in [0.717, 1.165) is 21.8 Å². The molecule has 0 atom stereocenters. The highest BCUT2D eigenvalue weighted by Gasteiger charge is 2.37. The predicted octanol–water partition coefficient (Wildman–Crippen LogP) is 2.28. The van der Waals surface area contributed by atoms with E-state index in [4.69, 9.17) is 4.74 Å². The number of aromatic nitrogens is 1. The minimum absolute atomic E-state index is 0.323. The maximum Gasteiger partial charge on any atom is 0.252 e. The minimum atomic E-state index is -1.30. The molecule has 0 radical (unpaired) electrons. The van der Waals surface area contributed by atoms with E-state index in [1.54, 1.807) is 11.3 Å². The van der Waals surface area contributed by atoms with Gasteiger partial charge in [0.1, 0.15) is 5.60 Å². The van der Waals surface area contributed by atoms with Gasteiger partial charge in [0.15, 0.2) is 0 Å². The van der Waals surface area contributed by atoms with Crippen molar-refractivity contribution in [2.45, 2.75) is 31.9 Å². The number of rotatable bonds is 4. The number of hydrogen-bond acceptors (Lipinski definition) is 5. The van der Waals surface area contributed by atoms with Crippen molar-refractivity contribution in [2.24, 2.45) is 0 Å². The first-order chi connectivity index (χ1) is 11.1. The summed E-state index contributed by atoms with van der Waals surface area (Å²) in [5.41, 5.74) is 1.66. The molecular weight excluding hydrogens is 312 g/mol. The molecule has 0 bridgehead atoms. The lowest BCUT2D eigenvalue weighted by atomic mass is 9.93. The molecule has 2 heterocycles. The molecule has 1 aliphatic rings. The SMILES string of the molecule is Cc1nc(-c2cccc(CNC(=O)C3(O)CCOCC3)c2)cs1. The second kappa shape index (κ2) is 6.78. The van der Waals surface area contributed by atoms with Crippen LogP contribution in [0.25, 0.3) is 11.3 Å². The topological polar surface area (TPSA) is 71.5 Å². The lowest BCUT2D eigenvalue weighted by Gasteiger charge is -2.30. The van der Waals surface area contributed by atoms with Gasteiger partial charge in [-0.2, -0.15) is 0 Å². The quantitative estimate of drug-likeness (QED) is 0.901. The number of benzene rings is 1. The fourth-order valence-electron chi connectivity index (χ4n) is 2.62. The summed E-state index contributed by atoms with van der Waals surface area (Å²) < 4.78 is 5.20. The van der Waals surface area contributed by atoms with Crippen molar-refractivity contribution >= 4 is 17.2 Å². The molecule has 1 aromatic carbocycles. The molecule has 23 heavy (non-hydrogen) atoms. The Bertz CT molecular complexity index is 693. The van der Waals surface area contributed by atoms with Crippen molar-refractivity contribution in [3.8, 4) is 11.3 Å². The Labute approximate surface area is 139 Å². The van der Waals surface area contributed by atoms with Crippen LogP contribution in [0.2, 0.25) is 0 Å². The summed E-state index contributed by atoms with van der Waals surface area (Å²) in [6.45, 7) is 3.21. The van der Waals surface area contributed by atoms with Crippen molar-refractivity contribution in [2.75, 3.05) is 13.2 Å². The molecule has 1 amide bonds. The van der Waals surface area contributed by atoms with Crippen molar-refractivity contribution < 1.29 is 14.6 Å². The molecule has 2 aromatic rings. The normalized spacial score (nSPS) is 17.0. The molecule has 1 aromatic heterocycles. The van der Waals surface area contributed by atoms with E-state index in [9.17, 15) is 9.90 Å². The summed E-state index contributed by atoms with van der Waals surface area (Å²) in [7, 11) is 0. The van der Waals surface area contributed by atoms with Gasteiger partial charge in [-0.1, -0.05) is 18.2 Å². The predicted molar refractivity (Wildman–Crippen MR) is 89.1 cm³/mol. The molecule has 6 heteroatoms. The Morgan fingerprint density at radius 1 is 1.43 bits per heavy atom. The molecule has 1 saturated heterocycles. The van der Waals surface area contributed by atoms with Crippen LogP contribution in [0.3, 0.4) is 0 Å². The fraction of sp³-hybridized carbons (Fsp3) is 0.412. The number of carbonyl (C=O) groups is 1. The molecule has 2 N–H and O–H groups in total. The number of carbonyl (C=O) groups excluding carboxylic acids is 1. The molecule has 5 nitrogen and oxygen atoms in total. The highest BCUT2D eigenvalue weighted by Crippen LogP contribution is 2.23. The Hall–Kier alpha value is -1.76. The van der Waals surface area contributed by atoms with Crippen LogP contribution in [0.4, 0.5) is 0 Å². The van der Waals surface area contributed by atoms with Gasteiger partial charge in [-0.05, 0) is 18.6 Å². The van der Waals surface area contributed by atoms with Crippen LogP contribution in [0.5, 0.6) is 0 Å². The maximum atomic E-state index is 12.2. The number of ether oxygens (including phenoxy) is 1. The second-order valence-electron chi connectivity index (χ2n) is 5.78. The van der Waals surface area contributed by atoms with Gasteiger partial charge in [-0.25, -0.2) is 4.98 Å². The van der Waals surface area contributed by atoms with Gasteiger partial charge in [0, 0.05) is 43.5 Å². The lowest BCUT2D eigenvalue weighted by Crippen LogP contribution is -2.50. The number of aryl methyl sites for hydroxylation is 1. The average molecular weight is 332 g/mol. The van der Waals surface area contributed by atoms with Gasteiger partial charge in [-0.3, -0.25) is 4.79 Å². The van der Waals surface area contributed by atoms with E-state index in [-0.39, 0.29) is 5.91 Å². The molecular formula is C17H20N2O3S. The lowest BCUT2D eigenvalue weighted by molar-refractivity contribution is -0.149. The summed E-state index contributed by atoms with van der Waals surface area (Å²) in [6.07, 6.45) is 0.688. The molecule has 3 rings (SSSR count). The van der Waals surface area contributed by atoms with Crippen molar-refractivity contribution in [1.82, 2.24) is 10.3 Å². The Balaban J connectivity index is 1.65. The van der Waals surface area contributed by atoms with Gasteiger partial charge < -0.3 is 15.2 Å². The Morgan fingerprint density at radius 3 is 2.91 bits per heavy atom. The standard InChI is InChI=1S/C17H20N2O3S/c1-12-19-15(11-23-12)14-4-2-3-13(9-14)10-18-16(20)17(21)5-7-22-8-6-17/h2-4,9,11,21H,5-8,10H2,1H3,(H,18,20). The highest BCUT2D eigenvalue weighted by atomic mass is 32.1. The van der Waals surface area contributed by atoms with Crippen molar-refractivity contribution in [3.05, 3.63) is 40.2 Å². The van der Waals surface area contributed by atoms with Crippen LogP contribution in [0.15, 0.2) is 29.6 Å². The fourth-order valence-corrected chi connectivity index (χ4v) is 3.24. The number of amides is 1. The first kappa shape index (κ1) is 16.1. The molecule has 0 spiro atoms. The van der Waals surface area contributed by atoms with Gasteiger partial charge in [0.2, 0.25) is 0 Å². The van der Waals surface area contributed by atoms with E-state index in [1.165, 1.54) is 0 Å². The number of hydrogen-bond donors (Lipinski definition) is 2. The zero-order valence-electron chi connectivity index (χ0n) is 13.0. The largest absolute Gasteiger partial charge is 0.381 e. The molecule has 0 unspecified atom stereocenters. The first-order valence-corrected chi connectivity index (χ1v) is 8.55. The van der Waals surface area contributed by atoms with Crippen LogP contribution in [-0.2, 0) is 16.1 Å². The van der Waals surface area contributed by atoms with Crippen LogP contribution < -0.4 is 5.32 Å². The third-order valence-electron chi connectivity index (χ3n) is 4.04. The Kier molecular flexibility index (Phi) is 4.75. The van der Waals surface area contributed by atoms with Crippen LogP contribution in [0.1, 0.15) is 23.4 Å². The number of thiazole rings is 1. The van der Waals surface area contributed by atoms with Crippen LogP contribution >= 0.6 is 11.3 Å². The van der Waals surface area contributed by atoms with E-state index < -0.39 is 5.60 Å². The van der Waals surface area contributed by atoms with Gasteiger partial charge in [-0.15, -0.1) is 11.3 Å². The summed E-state index contributed by atoms with van der Waals surface area (Å²) >= 11 is 1.62. The molecule has 0 saturated carbocycles. The molecule has 1 aliphatic heterocycles. The summed E-state index contributed by atoms with van der Waals surface area (Å²) in [4.78, 5) is 16.7. The van der Waals surface area contributed by atoms with Crippen LogP contribution in [0, 0.1) is 6.92 Å². The third-order valence-corrected chi connectivity index (χ3v) is 4.81. The summed E-state index contributed by atoms with van der Waals surface area (Å²) in [5, 5.41) is 16.2. The summed E-state index contributed by atoms with van der Waals surface area (Å²) in [5.74, 6) is -0.323. The highest BCUT2D eigenvalue weighted by molar-refractivity contribution is 7.09. The molecule has 122 valence electrons. The van der Waals surface area contributed by atoms with Gasteiger partial charge in [0.05, 0.1) is 10.7 Å². The second-order valence-corrected chi connectivity index (χ2v) is 6.84. The minimum Gasteiger partial charge on any atom is -0.381 e. The number of nitrogens with zero attached hydrogens (tertiary/aromatic N) is 1. The summed E-state index contributed by atoms with van der Waals surface area (Å²) in [6, 6.07) is 7.93. The van der Waals surface area contributed by atoms with Crippen molar-refractivity contribution in [1.29, 1.82) is 0 Å². The van der Waals surface area contributed by atoms with Gasteiger partial charge in [0.25, 0.3) is 5.91 Å². The monoisotopic (exact) mass is 332 g/mol. The molecule has 1 fully saturated rings. The zero-order chi connectivity index (χ0) is 16.3. The van der Waals surface area contributed by atoms with E-state index in [0.29, 0.717) is 32.6 Å². The molecule has 0 aliphatic carbocycles. The van der Waals surface area contributed by atoms with E-state index in [1.807, 2.05) is 36.6 Å². The number of nitrogens with one attached hydrogen (secondary N) is 1. The number of aliphatic hydroxyl groups is 1. The third kappa shape index (κ3) is 3.77. The van der Waals surface area contributed by atoms with E-state index >= 15 is 0 Å². The smallest absolute Gasteiger partial charge is 0.252 e. The Morgan fingerprint density at radius 2 is 2.22 bits per heavy atom. The van der Waals surface area contributed by atoms with Crippen LogP contribution in [-0.4, -0.2) is 34.8 Å². The first-order valence-electron chi connectivity index (χ1n) is 7.67. The van der Waals surface area contributed by atoms with E-state index in [2.05, 4.69) is 10.3 Å². The zero-order valence-corrected chi connectivity index (χ0v) is 13.9. The van der Waals surface area contributed by atoms with Gasteiger partial charge >= 0.3 is 0 Å². The maximum absolute atomic E-state index is 12.2. The van der Waals surface area contributed by atoms with Crippen molar-refractivity contribution in [3.63, 3.8) is 0 Å². The average Bonchev–Trinajstić information content (AvgIpc) is 3.00.